The number of anilines is 1. The zero-order chi connectivity index (χ0) is 15.2. The Morgan fingerprint density at radius 2 is 1.90 bits per heavy atom. The highest BCUT2D eigenvalue weighted by Gasteiger charge is 2.12. The van der Waals surface area contributed by atoms with Crippen LogP contribution < -0.4 is 5.32 Å². The van der Waals surface area contributed by atoms with E-state index in [2.05, 4.69) is 12.2 Å². The molecular formula is C17H19ClFNO. The second kappa shape index (κ2) is 7.32. The van der Waals surface area contributed by atoms with E-state index >= 15 is 0 Å². The van der Waals surface area contributed by atoms with Crippen LogP contribution in [0.4, 0.5) is 10.1 Å². The summed E-state index contributed by atoms with van der Waals surface area (Å²) >= 11 is 5.93. The quantitative estimate of drug-likeness (QED) is 0.688. The van der Waals surface area contributed by atoms with Crippen molar-refractivity contribution >= 4 is 17.3 Å². The summed E-state index contributed by atoms with van der Waals surface area (Å²) in [6.07, 6.45) is 3.11. The van der Waals surface area contributed by atoms with E-state index in [0.29, 0.717) is 5.02 Å². The summed E-state index contributed by atoms with van der Waals surface area (Å²) < 4.78 is 13.1. The van der Waals surface area contributed by atoms with Crippen LogP contribution in [0.3, 0.4) is 0 Å². The molecule has 0 saturated carbocycles. The molecule has 0 amide bonds. The van der Waals surface area contributed by atoms with Crippen LogP contribution in [-0.2, 0) is 0 Å². The first-order chi connectivity index (χ1) is 10.1. The van der Waals surface area contributed by atoms with Crippen LogP contribution in [0, 0.1) is 5.82 Å². The third-order valence-corrected chi connectivity index (χ3v) is 3.71. The number of nitrogens with one attached hydrogen (secondary N) is 1. The molecule has 0 radical (unpaired) electrons. The molecule has 0 aliphatic rings. The molecule has 112 valence electrons. The molecule has 2 aromatic carbocycles. The van der Waals surface area contributed by atoms with Crippen molar-refractivity contribution < 1.29 is 9.50 Å². The molecule has 0 bridgehead atoms. The van der Waals surface area contributed by atoms with Gasteiger partial charge in [-0.2, -0.15) is 0 Å². The molecule has 0 saturated heterocycles. The van der Waals surface area contributed by atoms with Gasteiger partial charge in [0.2, 0.25) is 0 Å². The topological polar surface area (TPSA) is 32.3 Å². The van der Waals surface area contributed by atoms with Crippen molar-refractivity contribution in [3.63, 3.8) is 0 Å². The molecule has 1 atom stereocenters. The lowest BCUT2D eigenvalue weighted by Crippen LogP contribution is -2.10. The van der Waals surface area contributed by atoms with Gasteiger partial charge in [0.25, 0.3) is 0 Å². The number of unbranched alkanes of at least 4 members (excludes halogenated alkanes) is 1. The molecule has 0 heterocycles. The predicted octanol–water partition coefficient (Wildman–Crippen LogP) is 5.53. The Morgan fingerprint density at radius 1 is 1.19 bits per heavy atom. The van der Waals surface area contributed by atoms with Crippen LogP contribution in [0.15, 0.2) is 42.5 Å². The number of phenols is 1. The third-order valence-electron chi connectivity index (χ3n) is 3.41. The lowest BCUT2D eigenvalue weighted by atomic mass is 10.0. The van der Waals surface area contributed by atoms with Crippen LogP contribution in [0.2, 0.25) is 5.02 Å². The monoisotopic (exact) mass is 307 g/mol. The average molecular weight is 308 g/mol. The summed E-state index contributed by atoms with van der Waals surface area (Å²) in [7, 11) is 0. The molecular weight excluding hydrogens is 289 g/mol. The molecule has 2 nitrogen and oxygen atoms in total. The van der Waals surface area contributed by atoms with Crippen LogP contribution in [0.1, 0.15) is 37.8 Å². The Hall–Kier alpha value is -1.74. The first-order valence-corrected chi connectivity index (χ1v) is 7.48. The maximum Gasteiger partial charge on any atom is 0.134 e. The van der Waals surface area contributed by atoms with Gasteiger partial charge in [-0.3, -0.25) is 0 Å². The van der Waals surface area contributed by atoms with Crippen molar-refractivity contribution in [2.24, 2.45) is 0 Å². The van der Waals surface area contributed by atoms with Gasteiger partial charge in [-0.05, 0) is 42.3 Å². The van der Waals surface area contributed by atoms with Crippen molar-refractivity contribution in [3.8, 4) is 5.75 Å². The number of rotatable bonds is 6. The number of phenolic OH excluding ortho intramolecular Hbond substituents is 1. The number of benzene rings is 2. The standard InChI is InChI=1S/C17H19ClFNO/c1-2-3-4-16(12-5-7-13(19)8-6-12)20-14-9-10-17(21)15(18)11-14/h5-11,16,20-21H,2-4H2,1H3. The fourth-order valence-corrected chi connectivity index (χ4v) is 2.40. The Kier molecular flexibility index (Phi) is 5.45. The van der Waals surface area contributed by atoms with Gasteiger partial charge < -0.3 is 10.4 Å². The van der Waals surface area contributed by atoms with E-state index in [0.717, 1.165) is 30.5 Å². The van der Waals surface area contributed by atoms with Crippen molar-refractivity contribution in [1.82, 2.24) is 0 Å². The Bertz CT molecular complexity index is 586. The number of aromatic hydroxyl groups is 1. The minimum absolute atomic E-state index is 0.0640. The van der Waals surface area contributed by atoms with E-state index in [4.69, 9.17) is 11.6 Å². The Balaban J connectivity index is 2.19. The van der Waals surface area contributed by atoms with Crippen molar-refractivity contribution in [2.75, 3.05) is 5.32 Å². The minimum atomic E-state index is -0.235. The molecule has 0 fully saturated rings. The van der Waals surface area contributed by atoms with Crippen LogP contribution in [-0.4, -0.2) is 5.11 Å². The van der Waals surface area contributed by atoms with E-state index in [-0.39, 0.29) is 17.6 Å². The van der Waals surface area contributed by atoms with Crippen LogP contribution in [0.25, 0.3) is 0 Å². The van der Waals surface area contributed by atoms with Gasteiger partial charge in [0, 0.05) is 5.69 Å². The number of halogens is 2. The number of hydrogen-bond acceptors (Lipinski definition) is 2. The highest BCUT2D eigenvalue weighted by molar-refractivity contribution is 6.32. The molecule has 0 spiro atoms. The van der Waals surface area contributed by atoms with E-state index in [9.17, 15) is 9.50 Å². The summed E-state index contributed by atoms with van der Waals surface area (Å²) in [4.78, 5) is 0. The van der Waals surface area contributed by atoms with E-state index in [1.54, 1.807) is 30.3 Å². The van der Waals surface area contributed by atoms with Crippen molar-refractivity contribution in [2.45, 2.75) is 32.2 Å². The summed E-state index contributed by atoms with van der Waals surface area (Å²) in [5.74, 6) is -0.172. The smallest absolute Gasteiger partial charge is 0.134 e. The van der Waals surface area contributed by atoms with Gasteiger partial charge in [0.05, 0.1) is 11.1 Å². The lowest BCUT2D eigenvalue weighted by Gasteiger charge is -2.20. The fraction of sp³-hybridized carbons (Fsp3) is 0.294. The Morgan fingerprint density at radius 3 is 2.52 bits per heavy atom. The molecule has 21 heavy (non-hydrogen) atoms. The predicted molar refractivity (Wildman–Crippen MR) is 85.4 cm³/mol. The van der Waals surface area contributed by atoms with E-state index in [1.165, 1.54) is 12.1 Å². The molecule has 0 aliphatic carbocycles. The first kappa shape index (κ1) is 15.6. The maximum absolute atomic E-state index is 13.1. The molecule has 0 aromatic heterocycles. The minimum Gasteiger partial charge on any atom is -0.506 e. The molecule has 2 rings (SSSR count). The van der Waals surface area contributed by atoms with Gasteiger partial charge in [0.15, 0.2) is 0 Å². The lowest BCUT2D eigenvalue weighted by molar-refractivity contribution is 0.475. The second-order valence-corrected chi connectivity index (χ2v) is 5.46. The van der Waals surface area contributed by atoms with Gasteiger partial charge in [-0.25, -0.2) is 4.39 Å². The summed E-state index contributed by atoms with van der Waals surface area (Å²) in [6, 6.07) is 11.7. The Labute approximate surface area is 129 Å². The van der Waals surface area contributed by atoms with Crippen LogP contribution in [0.5, 0.6) is 5.75 Å². The highest BCUT2D eigenvalue weighted by Crippen LogP contribution is 2.30. The average Bonchev–Trinajstić information content (AvgIpc) is 2.48. The van der Waals surface area contributed by atoms with Crippen molar-refractivity contribution in [1.29, 1.82) is 0 Å². The third kappa shape index (κ3) is 4.36. The molecule has 1 unspecified atom stereocenters. The highest BCUT2D eigenvalue weighted by atomic mass is 35.5. The van der Waals surface area contributed by atoms with E-state index < -0.39 is 0 Å². The first-order valence-electron chi connectivity index (χ1n) is 7.10. The summed E-state index contributed by atoms with van der Waals surface area (Å²) in [5, 5.41) is 13.2. The van der Waals surface area contributed by atoms with E-state index in [1.807, 2.05) is 0 Å². The van der Waals surface area contributed by atoms with Gasteiger partial charge in [-0.1, -0.05) is 43.5 Å². The molecule has 4 heteroatoms. The zero-order valence-corrected chi connectivity index (χ0v) is 12.7. The normalized spacial score (nSPS) is 12.1. The van der Waals surface area contributed by atoms with Crippen molar-refractivity contribution in [3.05, 3.63) is 58.9 Å². The zero-order valence-electron chi connectivity index (χ0n) is 11.9. The summed E-state index contributed by atoms with van der Waals surface area (Å²) in [5.41, 5.74) is 1.87. The van der Waals surface area contributed by atoms with Gasteiger partial charge >= 0.3 is 0 Å². The van der Waals surface area contributed by atoms with Crippen LogP contribution >= 0.6 is 11.6 Å². The largest absolute Gasteiger partial charge is 0.506 e. The fourth-order valence-electron chi connectivity index (χ4n) is 2.22. The molecule has 0 aliphatic heterocycles. The SMILES string of the molecule is CCCCC(Nc1ccc(O)c(Cl)c1)c1ccc(F)cc1. The maximum atomic E-state index is 13.1. The second-order valence-electron chi connectivity index (χ2n) is 5.06. The number of hydrogen-bond donors (Lipinski definition) is 2. The summed E-state index contributed by atoms with van der Waals surface area (Å²) in [6.45, 7) is 2.14. The van der Waals surface area contributed by atoms with Gasteiger partial charge in [-0.15, -0.1) is 0 Å². The van der Waals surface area contributed by atoms with Gasteiger partial charge in [0.1, 0.15) is 11.6 Å². The molecule has 2 N–H and O–H groups in total. The molecule has 2 aromatic rings.